The zero-order valence-electron chi connectivity index (χ0n) is 6.22. The fraction of sp³-hybridized carbons (Fsp3) is 0.500. The summed E-state index contributed by atoms with van der Waals surface area (Å²) in [5.74, 6) is -1.89. The zero-order valence-corrected chi connectivity index (χ0v) is 9.04. The second kappa shape index (κ2) is 3.84. The normalized spacial score (nSPS) is 23.2. The molecule has 0 aliphatic carbocycles. The first kappa shape index (κ1) is 12.0. The first-order valence-corrected chi connectivity index (χ1v) is 4.16. The Hall–Kier alpha value is 0.0500. The molecular formula is C4H4NNaO5S. The van der Waals surface area contributed by atoms with Crippen LogP contribution < -0.4 is 34.7 Å². The van der Waals surface area contributed by atoms with Crippen LogP contribution in [0.3, 0.4) is 0 Å². The van der Waals surface area contributed by atoms with Crippen LogP contribution in [0.5, 0.6) is 0 Å². The molecule has 0 saturated heterocycles. The minimum absolute atomic E-state index is 0. The van der Waals surface area contributed by atoms with Crippen LogP contribution in [0.25, 0.3) is 0 Å². The number of nitrogens with zero attached hydrogens (tertiary/aromatic N) is 1. The summed E-state index contributed by atoms with van der Waals surface area (Å²) < 4.78 is 29.0. The Balaban J connectivity index is 0.00000121. The molecule has 8 heteroatoms. The van der Waals surface area contributed by atoms with E-state index < -0.39 is 33.6 Å². The number of amides is 1. The molecule has 0 radical (unpaired) electrons. The van der Waals surface area contributed by atoms with Crippen LogP contribution in [-0.2, 0) is 14.9 Å². The van der Waals surface area contributed by atoms with E-state index in [1.807, 2.05) is 0 Å². The van der Waals surface area contributed by atoms with Gasteiger partial charge in [-0.3, -0.25) is 9.35 Å². The van der Waals surface area contributed by atoms with E-state index in [2.05, 4.69) is 4.99 Å². The summed E-state index contributed by atoms with van der Waals surface area (Å²) in [5, 5.41) is 8.68. The Morgan fingerprint density at radius 1 is 1.58 bits per heavy atom. The maximum absolute atomic E-state index is 10.5. The van der Waals surface area contributed by atoms with Gasteiger partial charge in [-0.05, 0) is 5.90 Å². The van der Waals surface area contributed by atoms with Crippen LogP contribution in [0.1, 0.15) is 6.42 Å². The smallest absolute Gasteiger partial charge is 0.862 e. The maximum Gasteiger partial charge on any atom is 1.00 e. The molecule has 12 heavy (non-hydrogen) atoms. The van der Waals surface area contributed by atoms with Crippen molar-refractivity contribution in [2.24, 2.45) is 4.99 Å². The summed E-state index contributed by atoms with van der Waals surface area (Å²) in [5.41, 5.74) is 0. The van der Waals surface area contributed by atoms with Crippen molar-refractivity contribution in [2.45, 2.75) is 11.7 Å². The largest absolute Gasteiger partial charge is 1.00 e. The molecular weight excluding hydrogens is 197 g/mol. The van der Waals surface area contributed by atoms with Gasteiger partial charge in [0.15, 0.2) is 5.25 Å². The average molecular weight is 201 g/mol. The summed E-state index contributed by atoms with van der Waals surface area (Å²) >= 11 is 0. The molecule has 1 aliphatic rings. The summed E-state index contributed by atoms with van der Waals surface area (Å²) in [6, 6.07) is 0. The van der Waals surface area contributed by atoms with Crippen molar-refractivity contribution in [3.05, 3.63) is 0 Å². The number of hydrogen-bond acceptors (Lipinski definition) is 4. The first-order valence-electron chi connectivity index (χ1n) is 2.66. The van der Waals surface area contributed by atoms with Gasteiger partial charge in [-0.25, -0.2) is 4.99 Å². The molecule has 0 saturated carbocycles. The number of rotatable bonds is 1. The third kappa shape index (κ3) is 2.53. The van der Waals surface area contributed by atoms with E-state index in [-0.39, 0.29) is 29.6 Å². The predicted octanol–water partition coefficient (Wildman–Crippen LogP) is -5.06. The Labute approximate surface area is 90.7 Å². The summed E-state index contributed by atoms with van der Waals surface area (Å²) in [6.07, 6.45) is -0.544. The molecule has 1 unspecified atom stereocenters. The topological polar surface area (TPSA) is 107 Å². The van der Waals surface area contributed by atoms with Crippen molar-refractivity contribution in [3.8, 4) is 0 Å². The molecule has 1 aliphatic heterocycles. The Morgan fingerprint density at radius 2 is 2.08 bits per heavy atom. The van der Waals surface area contributed by atoms with Crippen molar-refractivity contribution in [3.63, 3.8) is 0 Å². The number of carbonyl (C=O) groups excluding carboxylic acids is 1. The average Bonchev–Trinajstić information content (AvgIpc) is 2.08. The Kier molecular flexibility index (Phi) is 3.86. The molecule has 1 N–H and O–H groups in total. The molecule has 1 heterocycles. The molecule has 0 fully saturated rings. The van der Waals surface area contributed by atoms with E-state index in [1.54, 1.807) is 0 Å². The van der Waals surface area contributed by atoms with Crippen molar-refractivity contribution in [2.75, 3.05) is 0 Å². The van der Waals surface area contributed by atoms with Gasteiger partial charge >= 0.3 is 29.6 Å². The zero-order chi connectivity index (χ0) is 8.65. The van der Waals surface area contributed by atoms with Crippen LogP contribution in [0.4, 0.5) is 0 Å². The van der Waals surface area contributed by atoms with E-state index in [9.17, 15) is 18.3 Å². The van der Waals surface area contributed by atoms with E-state index in [1.165, 1.54) is 0 Å². The van der Waals surface area contributed by atoms with Gasteiger partial charge in [-0.1, -0.05) is 0 Å². The van der Waals surface area contributed by atoms with Gasteiger partial charge in [0, 0.05) is 6.42 Å². The van der Waals surface area contributed by atoms with Crippen molar-refractivity contribution in [1.29, 1.82) is 0 Å². The fourth-order valence-electron chi connectivity index (χ4n) is 0.719. The molecule has 0 aromatic carbocycles. The number of hydrogen-bond donors (Lipinski definition) is 1. The second-order valence-electron chi connectivity index (χ2n) is 2.05. The van der Waals surface area contributed by atoms with E-state index in [0.717, 1.165) is 0 Å². The summed E-state index contributed by atoms with van der Waals surface area (Å²) in [4.78, 5) is 13.3. The van der Waals surface area contributed by atoms with Gasteiger partial charge < -0.3 is 5.11 Å². The monoisotopic (exact) mass is 201 g/mol. The molecule has 1 atom stereocenters. The minimum Gasteiger partial charge on any atom is -0.862 e. The third-order valence-electron chi connectivity index (χ3n) is 1.23. The van der Waals surface area contributed by atoms with Gasteiger partial charge in [0.25, 0.3) is 16.0 Å². The van der Waals surface area contributed by atoms with E-state index in [4.69, 9.17) is 4.55 Å². The van der Waals surface area contributed by atoms with E-state index in [0.29, 0.717) is 0 Å². The SMILES string of the molecule is O=C1N=C([O-])CC1S(=O)(=O)O.[Na+]. The van der Waals surface area contributed by atoms with Crippen LogP contribution in [-0.4, -0.2) is 30.0 Å². The minimum atomic E-state index is -4.45. The predicted molar refractivity (Wildman–Crippen MR) is 32.4 cm³/mol. The van der Waals surface area contributed by atoms with Crippen molar-refractivity contribution < 1.29 is 52.4 Å². The second-order valence-corrected chi connectivity index (χ2v) is 3.65. The fourth-order valence-corrected chi connectivity index (χ4v) is 1.38. The maximum atomic E-state index is 10.5. The molecule has 1 rings (SSSR count). The van der Waals surface area contributed by atoms with Crippen LogP contribution in [0.15, 0.2) is 4.99 Å². The van der Waals surface area contributed by atoms with Crippen LogP contribution in [0.2, 0.25) is 0 Å². The van der Waals surface area contributed by atoms with Gasteiger partial charge in [-0.15, -0.1) is 0 Å². The number of aliphatic imine (C=N–C) groups is 1. The molecule has 0 spiro atoms. The van der Waals surface area contributed by atoms with Crippen molar-refractivity contribution in [1.82, 2.24) is 0 Å². The van der Waals surface area contributed by atoms with Gasteiger partial charge in [-0.2, -0.15) is 8.42 Å². The Bertz CT molecular complexity index is 320. The third-order valence-corrected chi connectivity index (χ3v) is 2.32. The molecule has 62 valence electrons. The Morgan fingerprint density at radius 3 is 2.25 bits per heavy atom. The molecule has 6 nitrogen and oxygen atoms in total. The van der Waals surface area contributed by atoms with Gasteiger partial charge in [0.1, 0.15) is 0 Å². The summed E-state index contributed by atoms with van der Waals surface area (Å²) in [7, 11) is -4.45. The van der Waals surface area contributed by atoms with Crippen molar-refractivity contribution >= 4 is 21.9 Å². The standard InChI is InChI=1S/C4H5NO5S.Na/c6-3-1-2(4(7)5-3)11(8,9)10;/h2H,1H2,(H,5,6,7)(H,8,9,10);/q;+1/p-1. The molecule has 0 aromatic rings. The molecule has 0 bridgehead atoms. The molecule has 0 aromatic heterocycles. The van der Waals surface area contributed by atoms with Crippen LogP contribution in [0, 0.1) is 0 Å². The van der Waals surface area contributed by atoms with Gasteiger partial charge in [0.05, 0.1) is 0 Å². The summed E-state index contributed by atoms with van der Waals surface area (Å²) in [6.45, 7) is 0. The van der Waals surface area contributed by atoms with E-state index >= 15 is 0 Å². The van der Waals surface area contributed by atoms with Gasteiger partial charge in [0.2, 0.25) is 0 Å². The first-order chi connectivity index (χ1) is 4.91. The quantitative estimate of drug-likeness (QED) is 0.337. The molecule has 1 amide bonds. The van der Waals surface area contributed by atoms with Crippen LogP contribution >= 0.6 is 0 Å². The number of carbonyl (C=O) groups is 1.